The highest BCUT2D eigenvalue weighted by atomic mass is 16.5. The Morgan fingerprint density at radius 1 is 0.750 bits per heavy atom. The van der Waals surface area contributed by atoms with E-state index < -0.39 is 11.8 Å². The predicted molar refractivity (Wildman–Crippen MR) is 103 cm³/mol. The van der Waals surface area contributed by atoms with Gasteiger partial charge in [-0.1, -0.05) is 42.5 Å². The van der Waals surface area contributed by atoms with Crippen molar-refractivity contribution in [3.63, 3.8) is 0 Å². The molecule has 5 nitrogen and oxygen atoms in total. The Kier molecular flexibility index (Phi) is 3.52. The van der Waals surface area contributed by atoms with E-state index in [-0.39, 0.29) is 11.9 Å². The molecule has 0 fully saturated rings. The summed E-state index contributed by atoms with van der Waals surface area (Å²) in [5, 5.41) is 0. The first-order valence-corrected chi connectivity index (χ1v) is 9.05. The molecule has 0 bridgehead atoms. The van der Waals surface area contributed by atoms with Crippen molar-refractivity contribution >= 4 is 17.6 Å². The minimum absolute atomic E-state index is 0.323. The van der Waals surface area contributed by atoms with Crippen LogP contribution in [-0.4, -0.2) is 11.9 Å². The Labute approximate surface area is 161 Å². The molecule has 2 aliphatic heterocycles. The lowest BCUT2D eigenvalue weighted by Gasteiger charge is -2.11. The van der Waals surface area contributed by atoms with E-state index in [9.17, 15) is 9.59 Å². The van der Waals surface area contributed by atoms with Gasteiger partial charge in [0.25, 0.3) is 0 Å². The molecule has 138 valence electrons. The number of nitrogen functional groups attached to an aromatic ring is 1. The van der Waals surface area contributed by atoms with Crippen LogP contribution in [0.3, 0.4) is 0 Å². The molecule has 0 aliphatic carbocycles. The average Bonchev–Trinajstić information content (AvgIpc) is 3.17. The number of rotatable bonds is 2. The topological polar surface area (TPSA) is 78.6 Å². The fraction of sp³-hybridized carbons (Fsp3) is 0.130. The summed E-state index contributed by atoms with van der Waals surface area (Å²) in [6.45, 7) is 1.90. The normalized spacial score (nSPS) is 19.8. The summed E-state index contributed by atoms with van der Waals surface area (Å²) in [6, 6.07) is 18.5. The zero-order valence-corrected chi connectivity index (χ0v) is 15.1. The zero-order chi connectivity index (χ0) is 19.4. The van der Waals surface area contributed by atoms with E-state index in [1.54, 1.807) is 18.2 Å². The van der Waals surface area contributed by atoms with Gasteiger partial charge in [-0.15, -0.1) is 0 Å². The standard InChI is InChI=1S/C23H17NO4/c1-12-9-14(7-8-17(12)24)21-16-11-18-15(10-19(16)28-23(21)26)20(22(25)27-18)13-5-3-2-4-6-13/h2-11,20-21H,24H2,1H3. The summed E-state index contributed by atoms with van der Waals surface area (Å²) in [7, 11) is 0. The molecule has 5 rings (SSSR count). The molecule has 0 radical (unpaired) electrons. The maximum atomic E-state index is 12.6. The number of carbonyl (C=O) groups is 2. The summed E-state index contributed by atoms with van der Waals surface area (Å²) in [4.78, 5) is 25.1. The summed E-state index contributed by atoms with van der Waals surface area (Å²) in [6.07, 6.45) is 0. The van der Waals surface area contributed by atoms with E-state index in [0.29, 0.717) is 22.7 Å². The number of carbonyl (C=O) groups excluding carboxylic acids is 2. The number of fused-ring (bicyclic) bond motifs is 2. The van der Waals surface area contributed by atoms with Gasteiger partial charge in [-0.05, 0) is 41.8 Å². The molecule has 5 heteroatoms. The van der Waals surface area contributed by atoms with E-state index in [1.807, 2.05) is 49.4 Å². The monoisotopic (exact) mass is 371 g/mol. The van der Waals surface area contributed by atoms with Crippen LogP contribution in [0.2, 0.25) is 0 Å². The second kappa shape index (κ2) is 5.96. The number of aryl methyl sites for hydroxylation is 1. The molecule has 2 aliphatic rings. The molecule has 2 atom stereocenters. The highest BCUT2D eigenvalue weighted by Crippen LogP contribution is 2.48. The van der Waals surface area contributed by atoms with Crippen LogP contribution in [0.25, 0.3) is 0 Å². The Morgan fingerprint density at radius 3 is 1.89 bits per heavy atom. The minimum atomic E-state index is -0.561. The third kappa shape index (κ3) is 2.40. The van der Waals surface area contributed by atoms with Crippen LogP contribution in [-0.2, 0) is 9.59 Å². The van der Waals surface area contributed by atoms with Gasteiger partial charge in [0.05, 0.1) is 0 Å². The second-order valence-electron chi connectivity index (χ2n) is 7.16. The molecule has 0 saturated heterocycles. The van der Waals surface area contributed by atoms with Gasteiger partial charge in [-0.2, -0.15) is 0 Å². The molecular formula is C23H17NO4. The van der Waals surface area contributed by atoms with Crippen molar-refractivity contribution in [3.8, 4) is 11.5 Å². The van der Waals surface area contributed by atoms with E-state index in [4.69, 9.17) is 15.2 Å². The van der Waals surface area contributed by atoms with Crippen LogP contribution in [0.15, 0.2) is 60.7 Å². The highest BCUT2D eigenvalue weighted by molar-refractivity contribution is 5.93. The zero-order valence-electron chi connectivity index (χ0n) is 15.1. The minimum Gasteiger partial charge on any atom is -0.425 e. The van der Waals surface area contributed by atoms with Crippen molar-refractivity contribution in [1.29, 1.82) is 0 Å². The number of ether oxygens (including phenoxy) is 2. The van der Waals surface area contributed by atoms with Crippen LogP contribution >= 0.6 is 0 Å². The molecule has 2 heterocycles. The summed E-state index contributed by atoms with van der Waals surface area (Å²) < 4.78 is 11.1. The van der Waals surface area contributed by atoms with E-state index in [2.05, 4.69) is 0 Å². The van der Waals surface area contributed by atoms with Crippen molar-refractivity contribution in [1.82, 2.24) is 0 Å². The molecule has 0 amide bonds. The quantitative estimate of drug-likeness (QED) is 0.422. The number of hydrogen-bond donors (Lipinski definition) is 1. The predicted octanol–water partition coefficient (Wildman–Crippen LogP) is 3.68. The Morgan fingerprint density at radius 2 is 1.32 bits per heavy atom. The van der Waals surface area contributed by atoms with Gasteiger partial charge in [0.15, 0.2) is 0 Å². The van der Waals surface area contributed by atoms with Gasteiger partial charge in [0, 0.05) is 16.8 Å². The SMILES string of the molecule is Cc1cc(C2C(=O)Oc3cc4c(cc32)OC(=O)C4c2ccccc2)ccc1N. The fourth-order valence-corrected chi connectivity index (χ4v) is 3.96. The fourth-order valence-electron chi connectivity index (χ4n) is 3.96. The molecule has 3 aromatic carbocycles. The molecule has 0 spiro atoms. The van der Waals surface area contributed by atoms with E-state index >= 15 is 0 Å². The molecular weight excluding hydrogens is 354 g/mol. The van der Waals surface area contributed by atoms with Crippen molar-refractivity contribution in [2.24, 2.45) is 0 Å². The van der Waals surface area contributed by atoms with Gasteiger partial charge in [-0.25, -0.2) is 0 Å². The van der Waals surface area contributed by atoms with E-state index in [0.717, 1.165) is 22.3 Å². The van der Waals surface area contributed by atoms with Crippen LogP contribution < -0.4 is 15.2 Å². The Bertz CT molecular complexity index is 1140. The van der Waals surface area contributed by atoms with Crippen molar-refractivity contribution in [2.75, 3.05) is 5.73 Å². The Hall–Kier alpha value is -3.60. The molecule has 0 saturated carbocycles. The molecule has 2 unspecified atom stereocenters. The van der Waals surface area contributed by atoms with Crippen LogP contribution in [0, 0.1) is 6.92 Å². The highest BCUT2D eigenvalue weighted by Gasteiger charge is 2.41. The van der Waals surface area contributed by atoms with Gasteiger partial charge in [0.1, 0.15) is 23.3 Å². The maximum Gasteiger partial charge on any atom is 0.323 e. The first-order chi connectivity index (χ1) is 13.5. The lowest BCUT2D eigenvalue weighted by Crippen LogP contribution is -2.12. The van der Waals surface area contributed by atoms with Crippen LogP contribution in [0.5, 0.6) is 11.5 Å². The first kappa shape index (κ1) is 16.6. The largest absolute Gasteiger partial charge is 0.425 e. The van der Waals surface area contributed by atoms with Gasteiger partial charge < -0.3 is 15.2 Å². The van der Waals surface area contributed by atoms with Crippen molar-refractivity contribution in [3.05, 3.63) is 88.5 Å². The number of anilines is 1. The molecule has 0 aromatic heterocycles. The summed E-state index contributed by atoms with van der Waals surface area (Å²) in [5.74, 6) is -0.788. The number of benzene rings is 3. The third-order valence-electron chi connectivity index (χ3n) is 5.42. The number of hydrogen-bond acceptors (Lipinski definition) is 5. The van der Waals surface area contributed by atoms with E-state index in [1.165, 1.54) is 0 Å². The second-order valence-corrected chi connectivity index (χ2v) is 7.16. The Balaban J connectivity index is 1.61. The van der Waals surface area contributed by atoms with Crippen molar-refractivity contribution < 1.29 is 19.1 Å². The van der Waals surface area contributed by atoms with Gasteiger partial charge in [-0.3, -0.25) is 9.59 Å². The molecule has 28 heavy (non-hydrogen) atoms. The summed E-state index contributed by atoms with van der Waals surface area (Å²) >= 11 is 0. The summed E-state index contributed by atoms with van der Waals surface area (Å²) in [5.41, 5.74) is 10.5. The first-order valence-electron chi connectivity index (χ1n) is 9.05. The lowest BCUT2D eigenvalue weighted by atomic mass is 9.88. The van der Waals surface area contributed by atoms with Gasteiger partial charge in [0.2, 0.25) is 0 Å². The third-order valence-corrected chi connectivity index (χ3v) is 5.42. The molecule has 2 N–H and O–H groups in total. The number of nitrogens with two attached hydrogens (primary N) is 1. The van der Waals surface area contributed by atoms with Crippen LogP contribution in [0.4, 0.5) is 5.69 Å². The van der Waals surface area contributed by atoms with Crippen LogP contribution in [0.1, 0.15) is 39.7 Å². The smallest absolute Gasteiger partial charge is 0.323 e. The van der Waals surface area contributed by atoms with Gasteiger partial charge >= 0.3 is 11.9 Å². The lowest BCUT2D eigenvalue weighted by molar-refractivity contribution is -0.133. The average molecular weight is 371 g/mol. The number of esters is 2. The maximum absolute atomic E-state index is 12.6. The van der Waals surface area contributed by atoms with Crippen molar-refractivity contribution in [2.45, 2.75) is 18.8 Å². The molecule has 3 aromatic rings.